The third-order valence-corrected chi connectivity index (χ3v) is 4.32. The third-order valence-electron chi connectivity index (χ3n) is 4.32. The number of aryl methyl sites for hydroxylation is 3. The highest BCUT2D eigenvalue weighted by Gasteiger charge is 2.10. The molecule has 0 atom stereocenters. The molecule has 22 heavy (non-hydrogen) atoms. The number of anilines is 1. The predicted octanol–water partition coefficient (Wildman–Crippen LogP) is 2.85. The molecule has 112 valence electrons. The smallest absolute Gasteiger partial charge is 0.225 e. The molecule has 1 aliphatic rings. The first-order valence-electron chi connectivity index (χ1n) is 7.78. The molecule has 2 aromatic heterocycles. The summed E-state index contributed by atoms with van der Waals surface area (Å²) in [4.78, 5) is 13.1. The number of fused-ring (bicyclic) bond motifs is 2. The minimum absolute atomic E-state index is 0.647. The van der Waals surface area contributed by atoms with Crippen LogP contribution >= 0.6 is 0 Å². The van der Waals surface area contributed by atoms with Crippen LogP contribution in [0.2, 0.25) is 0 Å². The topological polar surface area (TPSA) is 55.6 Å². The molecule has 1 aliphatic carbocycles. The summed E-state index contributed by atoms with van der Waals surface area (Å²) in [5.41, 5.74) is 5.98. The van der Waals surface area contributed by atoms with Crippen LogP contribution in [0.3, 0.4) is 0 Å². The second-order valence-corrected chi connectivity index (χ2v) is 5.92. The maximum Gasteiger partial charge on any atom is 0.225 e. The standard InChI is InChI=1S/C17H19N5/c1-22-11-20-15-10-19-17(21-16(15)22)18-9-12-6-7-13-4-2-3-5-14(13)8-12/h6-8,10-11H,2-5,9H2,1H3,(H,18,19,21). The fourth-order valence-electron chi connectivity index (χ4n) is 3.08. The number of hydrogen-bond donors (Lipinski definition) is 1. The van der Waals surface area contributed by atoms with Gasteiger partial charge >= 0.3 is 0 Å². The van der Waals surface area contributed by atoms with E-state index in [-0.39, 0.29) is 0 Å². The zero-order valence-corrected chi connectivity index (χ0v) is 12.7. The van der Waals surface area contributed by atoms with Crippen LogP contribution in [0.25, 0.3) is 11.2 Å². The molecule has 0 unspecified atom stereocenters. The largest absolute Gasteiger partial charge is 0.350 e. The van der Waals surface area contributed by atoms with Crippen molar-refractivity contribution in [2.45, 2.75) is 32.2 Å². The van der Waals surface area contributed by atoms with E-state index in [1.807, 2.05) is 11.6 Å². The summed E-state index contributed by atoms with van der Waals surface area (Å²) in [6.07, 6.45) is 8.58. The third kappa shape index (κ3) is 2.43. The Morgan fingerprint density at radius 1 is 1.14 bits per heavy atom. The Bertz CT molecular complexity index is 821. The van der Waals surface area contributed by atoms with Crippen molar-refractivity contribution < 1.29 is 0 Å². The predicted molar refractivity (Wildman–Crippen MR) is 86.7 cm³/mol. The Morgan fingerprint density at radius 2 is 2.00 bits per heavy atom. The van der Waals surface area contributed by atoms with E-state index in [9.17, 15) is 0 Å². The van der Waals surface area contributed by atoms with Crippen molar-refractivity contribution in [1.29, 1.82) is 0 Å². The summed E-state index contributed by atoms with van der Waals surface area (Å²) < 4.78 is 1.90. The molecule has 0 spiro atoms. The lowest BCUT2D eigenvalue weighted by atomic mass is 9.90. The van der Waals surface area contributed by atoms with Gasteiger partial charge in [0.2, 0.25) is 5.95 Å². The van der Waals surface area contributed by atoms with Crippen molar-refractivity contribution >= 4 is 17.1 Å². The van der Waals surface area contributed by atoms with Crippen molar-refractivity contribution in [2.24, 2.45) is 7.05 Å². The molecule has 0 aliphatic heterocycles. The van der Waals surface area contributed by atoms with Crippen LogP contribution in [0, 0.1) is 0 Å². The fraction of sp³-hybridized carbons (Fsp3) is 0.353. The van der Waals surface area contributed by atoms with Crippen LogP contribution in [0.5, 0.6) is 0 Å². The fourth-order valence-corrected chi connectivity index (χ4v) is 3.08. The van der Waals surface area contributed by atoms with Crippen LogP contribution in [-0.4, -0.2) is 19.5 Å². The van der Waals surface area contributed by atoms with Gasteiger partial charge in [-0.15, -0.1) is 0 Å². The van der Waals surface area contributed by atoms with Gasteiger partial charge in [0.05, 0.1) is 12.5 Å². The summed E-state index contributed by atoms with van der Waals surface area (Å²) in [5, 5.41) is 3.31. The van der Waals surface area contributed by atoms with Gasteiger partial charge in [-0.3, -0.25) is 0 Å². The van der Waals surface area contributed by atoms with Crippen LogP contribution in [0.1, 0.15) is 29.5 Å². The van der Waals surface area contributed by atoms with E-state index in [4.69, 9.17) is 0 Å². The molecule has 0 saturated carbocycles. The Balaban J connectivity index is 1.52. The first kappa shape index (κ1) is 13.2. The molecule has 0 radical (unpaired) electrons. The number of nitrogens with one attached hydrogen (secondary N) is 1. The Kier molecular flexibility index (Phi) is 3.25. The van der Waals surface area contributed by atoms with Gasteiger partial charge in [-0.2, -0.15) is 4.98 Å². The highest BCUT2D eigenvalue weighted by molar-refractivity contribution is 5.70. The number of nitrogens with zero attached hydrogens (tertiary/aromatic N) is 4. The Labute approximate surface area is 129 Å². The number of rotatable bonds is 3. The minimum Gasteiger partial charge on any atom is -0.350 e. The van der Waals surface area contributed by atoms with Crippen molar-refractivity contribution in [2.75, 3.05) is 5.32 Å². The van der Waals surface area contributed by atoms with E-state index < -0.39 is 0 Å². The molecule has 0 amide bonds. The van der Waals surface area contributed by atoms with E-state index in [1.54, 1.807) is 12.5 Å². The molecule has 0 saturated heterocycles. The molecule has 4 rings (SSSR count). The minimum atomic E-state index is 0.647. The van der Waals surface area contributed by atoms with Crippen LogP contribution in [-0.2, 0) is 26.4 Å². The molecule has 1 aromatic carbocycles. The molecule has 0 fully saturated rings. The van der Waals surface area contributed by atoms with E-state index in [0.717, 1.165) is 17.7 Å². The van der Waals surface area contributed by atoms with Gasteiger partial charge in [-0.25, -0.2) is 9.97 Å². The Morgan fingerprint density at radius 3 is 2.91 bits per heavy atom. The number of imidazole rings is 1. The van der Waals surface area contributed by atoms with E-state index in [2.05, 4.69) is 38.5 Å². The molecule has 2 heterocycles. The SMILES string of the molecule is Cn1cnc2cnc(NCc3ccc4c(c3)CCCC4)nc21. The van der Waals surface area contributed by atoms with E-state index in [1.165, 1.54) is 42.4 Å². The summed E-state index contributed by atoms with van der Waals surface area (Å²) in [5.74, 6) is 0.647. The monoisotopic (exact) mass is 293 g/mol. The summed E-state index contributed by atoms with van der Waals surface area (Å²) in [6, 6.07) is 6.81. The molecule has 0 bridgehead atoms. The summed E-state index contributed by atoms with van der Waals surface area (Å²) in [7, 11) is 1.94. The van der Waals surface area contributed by atoms with Gasteiger partial charge in [0.25, 0.3) is 0 Å². The molecule has 5 nitrogen and oxygen atoms in total. The van der Waals surface area contributed by atoms with Gasteiger partial charge in [-0.1, -0.05) is 18.2 Å². The number of aromatic nitrogens is 4. The maximum absolute atomic E-state index is 4.52. The molecular formula is C17H19N5. The number of hydrogen-bond acceptors (Lipinski definition) is 4. The second-order valence-electron chi connectivity index (χ2n) is 5.92. The lowest BCUT2D eigenvalue weighted by molar-refractivity contribution is 0.684. The number of benzene rings is 1. The normalized spacial score (nSPS) is 14.0. The lowest BCUT2D eigenvalue weighted by Gasteiger charge is -2.16. The van der Waals surface area contributed by atoms with Crippen molar-refractivity contribution in [3.8, 4) is 0 Å². The second kappa shape index (κ2) is 5.40. The van der Waals surface area contributed by atoms with Gasteiger partial charge in [0.1, 0.15) is 5.52 Å². The van der Waals surface area contributed by atoms with Crippen LogP contribution in [0.4, 0.5) is 5.95 Å². The summed E-state index contributed by atoms with van der Waals surface area (Å²) in [6.45, 7) is 0.747. The van der Waals surface area contributed by atoms with Crippen molar-refractivity contribution in [3.05, 3.63) is 47.4 Å². The van der Waals surface area contributed by atoms with Gasteiger partial charge in [-0.05, 0) is 42.4 Å². The van der Waals surface area contributed by atoms with E-state index >= 15 is 0 Å². The average Bonchev–Trinajstić information content (AvgIpc) is 2.93. The highest BCUT2D eigenvalue weighted by atomic mass is 15.2. The Hall–Kier alpha value is -2.43. The van der Waals surface area contributed by atoms with Crippen LogP contribution in [0.15, 0.2) is 30.7 Å². The first-order valence-corrected chi connectivity index (χ1v) is 7.78. The molecular weight excluding hydrogens is 274 g/mol. The maximum atomic E-state index is 4.52. The molecule has 5 heteroatoms. The zero-order chi connectivity index (χ0) is 14.9. The summed E-state index contributed by atoms with van der Waals surface area (Å²) >= 11 is 0. The molecule has 1 N–H and O–H groups in total. The van der Waals surface area contributed by atoms with E-state index in [0.29, 0.717) is 5.95 Å². The average molecular weight is 293 g/mol. The van der Waals surface area contributed by atoms with Gasteiger partial charge < -0.3 is 9.88 Å². The van der Waals surface area contributed by atoms with Crippen LogP contribution < -0.4 is 5.32 Å². The van der Waals surface area contributed by atoms with Gasteiger partial charge in [0, 0.05) is 13.6 Å². The highest BCUT2D eigenvalue weighted by Crippen LogP contribution is 2.22. The quantitative estimate of drug-likeness (QED) is 0.807. The van der Waals surface area contributed by atoms with Crippen molar-refractivity contribution in [3.63, 3.8) is 0 Å². The van der Waals surface area contributed by atoms with Gasteiger partial charge in [0.15, 0.2) is 5.65 Å². The first-order chi connectivity index (χ1) is 10.8. The lowest BCUT2D eigenvalue weighted by Crippen LogP contribution is -2.07. The zero-order valence-electron chi connectivity index (χ0n) is 12.7. The molecule has 3 aromatic rings. The van der Waals surface area contributed by atoms with Crippen molar-refractivity contribution in [1.82, 2.24) is 19.5 Å².